The number of thioether (sulfide) groups is 1. The number of aliphatic hydroxyl groups is 3. The first kappa shape index (κ1) is 18.8. The van der Waals surface area contributed by atoms with E-state index in [1.165, 1.54) is 12.4 Å². The molecule has 0 spiro atoms. The molecule has 3 atom stereocenters. The predicted molar refractivity (Wildman–Crippen MR) is 85.1 cm³/mol. The first-order valence-electron chi connectivity index (χ1n) is 7.27. The van der Waals surface area contributed by atoms with Gasteiger partial charge in [-0.05, 0) is 13.0 Å². The lowest BCUT2D eigenvalue weighted by atomic mass is 9.86. The van der Waals surface area contributed by atoms with Crippen LogP contribution in [0.25, 0.3) is 0 Å². The zero-order chi connectivity index (χ0) is 17.9. The zero-order valence-corrected chi connectivity index (χ0v) is 14.0. The molecular weight excluding hydrogens is 340 g/mol. The highest BCUT2D eigenvalue weighted by Crippen LogP contribution is 2.38. The molecule has 0 fully saturated rings. The number of aliphatic hydroxyl groups excluding tert-OH is 1. The Morgan fingerprint density at radius 1 is 1.29 bits per heavy atom. The fourth-order valence-corrected chi connectivity index (χ4v) is 3.59. The maximum absolute atomic E-state index is 14.3. The van der Waals surface area contributed by atoms with Crippen LogP contribution in [0.1, 0.15) is 25.2 Å². The minimum atomic E-state index is -1.76. The number of halogens is 2. The van der Waals surface area contributed by atoms with Crippen molar-refractivity contribution in [1.29, 1.82) is 0 Å². The monoisotopic (exact) mass is 359 g/mol. The molecular formula is C15H19F2N3O3S. The van der Waals surface area contributed by atoms with Crippen LogP contribution in [0.2, 0.25) is 0 Å². The average molecular weight is 359 g/mol. The lowest BCUT2D eigenvalue weighted by Gasteiger charge is -2.35. The van der Waals surface area contributed by atoms with Crippen molar-refractivity contribution in [3.05, 3.63) is 47.5 Å². The van der Waals surface area contributed by atoms with Gasteiger partial charge in [-0.2, -0.15) is 5.10 Å². The number of benzene rings is 1. The van der Waals surface area contributed by atoms with Crippen LogP contribution in [0, 0.1) is 11.6 Å². The van der Waals surface area contributed by atoms with Crippen molar-refractivity contribution in [2.24, 2.45) is 0 Å². The summed E-state index contributed by atoms with van der Waals surface area (Å²) in [5, 5.41) is 34.7. The van der Waals surface area contributed by atoms with Crippen LogP contribution in [0.4, 0.5) is 8.78 Å². The summed E-state index contributed by atoms with van der Waals surface area (Å²) >= 11 is 1.07. The molecule has 0 saturated carbocycles. The number of nitrogens with one attached hydrogen (secondary N) is 1. The lowest BCUT2D eigenvalue weighted by molar-refractivity contribution is -0.0373. The molecule has 0 aliphatic heterocycles. The average Bonchev–Trinajstić information content (AvgIpc) is 2.99. The predicted octanol–water partition coefficient (Wildman–Crippen LogP) is 1.33. The summed E-state index contributed by atoms with van der Waals surface area (Å²) in [6, 6.07) is 2.94. The van der Waals surface area contributed by atoms with Gasteiger partial charge < -0.3 is 15.3 Å². The fraction of sp³-hybridized carbons (Fsp3) is 0.467. The van der Waals surface area contributed by atoms with Crippen molar-refractivity contribution >= 4 is 11.8 Å². The van der Waals surface area contributed by atoms with Crippen molar-refractivity contribution in [2.45, 2.75) is 42.7 Å². The van der Waals surface area contributed by atoms with Gasteiger partial charge in [0.1, 0.15) is 29.4 Å². The van der Waals surface area contributed by atoms with Crippen LogP contribution in [0.5, 0.6) is 0 Å². The number of aromatic amines is 1. The first-order chi connectivity index (χ1) is 11.2. The molecule has 0 radical (unpaired) electrons. The molecule has 24 heavy (non-hydrogen) atoms. The summed E-state index contributed by atoms with van der Waals surface area (Å²) in [6.45, 7) is 3.20. The van der Waals surface area contributed by atoms with E-state index in [4.69, 9.17) is 0 Å². The fourth-order valence-electron chi connectivity index (χ4n) is 2.37. The van der Waals surface area contributed by atoms with E-state index in [1.807, 2.05) is 0 Å². The van der Waals surface area contributed by atoms with Gasteiger partial charge in [-0.1, -0.05) is 13.0 Å². The summed E-state index contributed by atoms with van der Waals surface area (Å²) in [7, 11) is 0. The van der Waals surface area contributed by atoms with Crippen molar-refractivity contribution in [2.75, 3.05) is 0 Å². The molecule has 9 heteroatoms. The normalized spacial score (nSPS) is 16.8. The molecule has 1 aromatic heterocycles. The molecule has 0 aliphatic carbocycles. The third kappa shape index (κ3) is 4.10. The van der Waals surface area contributed by atoms with Crippen molar-refractivity contribution in [3.8, 4) is 0 Å². The molecule has 6 nitrogen and oxygen atoms in total. The molecule has 2 rings (SSSR count). The van der Waals surface area contributed by atoms with Crippen molar-refractivity contribution in [1.82, 2.24) is 15.2 Å². The number of hydrogen-bond acceptors (Lipinski definition) is 6. The molecule has 0 aliphatic rings. The van der Waals surface area contributed by atoms with Crippen molar-refractivity contribution in [3.63, 3.8) is 0 Å². The van der Waals surface area contributed by atoms with Gasteiger partial charge in [0, 0.05) is 23.3 Å². The van der Waals surface area contributed by atoms with E-state index in [0.29, 0.717) is 11.9 Å². The molecule has 1 aromatic carbocycles. The number of nitrogens with zero attached hydrogens (tertiary/aromatic N) is 2. The van der Waals surface area contributed by atoms with Gasteiger partial charge in [0.15, 0.2) is 6.29 Å². The number of aromatic nitrogens is 3. The van der Waals surface area contributed by atoms with Crippen LogP contribution in [0.15, 0.2) is 24.5 Å². The molecule has 1 unspecified atom stereocenters. The largest absolute Gasteiger partial charge is 0.383 e. The second-order valence-corrected chi connectivity index (χ2v) is 7.28. The number of hydrogen-bond donors (Lipinski definition) is 4. The topological polar surface area (TPSA) is 102 Å². The Hall–Kier alpha value is -1.55. The van der Waals surface area contributed by atoms with E-state index in [2.05, 4.69) is 15.2 Å². The van der Waals surface area contributed by atoms with Gasteiger partial charge in [0.25, 0.3) is 0 Å². The van der Waals surface area contributed by atoms with Gasteiger partial charge in [-0.15, -0.1) is 11.8 Å². The summed E-state index contributed by atoms with van der Waals surface area (Å²) in [5.74, 6) is -1.31. The Morgan fingerprint density at radius 3 is 2.54 bits per heavy atom. The number of H-pyrrole nitrogens is 1. The lowest BCUT2D eigenvalue weighted by Crippen LogP contribution is -2.41. The smallest absolute Gasteiger partial charge is 0.163 e. The Bertz CT molecular complexity index is 672. The van der Waals surface area contributed by atoms with Gasteiger partial charge in [0.2, 0.25) is 0 Å². The van der Waals surface area contributed by atoms with Crippen LogP contribution < -0.4 is 0 Å². The van der Waals surface area contributed by atoms with Gasteiger partial charge >= 0.3 is 0 Å². The standard InChI is InChI=1S/C15H19F2N3O3S/c1-8(14(21)22)24-9(2)15(23,6-13-18-7-19-20-13)11-4-3-10(16)5-12(11)17/h3-5,7-9,14,21-23H,6H2,1-2H3,(H,18,19,20)/t8?,9-,15+/m1/s1. The van der Waals surface area contributed by atoms with Crippen LogP contribution in [-0.2, 0) is 12.0 Å². The zero-order valence-electron chi connectivity index (χ0n) is 13.1. The van der Waals surface area contributed by atoms with E-state index in [0.717, 1.165) is 17.8 Å². The molecule has 1 heterocycles. The van der Waals surface area contributed by atoms with E-state index in [9.17, 15) is 24.1 Å². The maximum atomic E-state index is 14.3. The highest BCUT2D eigenvalue weighted by atomic mass is 32.2. The molecule has 2 aromatic rings. The molecule has 0 amide bonds. The SMILES string of the molecule is CC(S[C@H](C)[C@@](O)(Cc1ncn[nH]1)c1ccc(F)cc1F)C(O)O. The molecule has 132 valence electrons. The minimum Gasteiger partial charge on any atom is -0.383 e. The van der Waals surface area contributed by atoms with Crippen LogP contribution >= 0.6 is 11.8 Å². The first-order valence-corrected chi connectivity index (χ1v) is 8.22. The summed E-state index contributed by atoms with van der Waals surface area (Å²) in [5.41, 5.74) is -1.86. The second kappa shape index (κ2) is 7.56. The second-order valence-electron chi connectivity index (χ2n) is 5.55. The van der Waals surface area contributed by atoms with Gasteiger partial charge in [-0.3, -0.25) is 5.10 Å². The Morgan fingerprint density at radius 2 is 2.00 bits per heavy atom. The van der Waals surface area contributed by atoms with Gasteiger partial charge in [0.05, 0.1) is 5.25 Å². The molecule has 4 N–H and O–H groups in total. The third-order valence-corrected chi connectivity index (χ3v) is 5.28. The van der Waals surface area contributed by atoms with E-state index >= 15 is 0 Å². The van der Waals surface area contributed by atoms with E-state index < -0.39 is 34.0 Å². The highest BCUT2D eigenvalue weighted by molar-refractivity contribution is 8.00. The quantitative estimate of drug-likeness (QED) is 0.557. The minimum absolute atomic E-state index is 0.0973. The maximum Gasteiger partial charge on any atom is 0.163 e. The van der Waals surface area contributed by atoms with Gasteiger partial charge in [-0.25, -0.2) is 13.8 Å². The Balaban J connectivity index is 2.40. The summed E-state index contributed by atoms with van der Waals surface area (Å²) in [6.07, 6.45) is -0.433. The Labute approximate surface area is 141 Å². The van der Waals surface area contributed by atoms with Crippen molar-refractivity contribution < 1.29 is 24.1 Å². The molecule has 0 bridgehead atoms. The summed E-state index contributed by atoms with van der Waals surface area (Å²) < 4.78 is 27.5. The van der Waals surface area contributed by atoms with E-state index in [1.54, 1.807) is 13.8 Å². The summed E-state index contributed by atoms with van der Waals surface area (Å²) in [4.78, 5) is 3.94. The van der Waals surface area contributed by atoms with Crippen LogP contribution in [0.3, 0.4) is 0 Å². The third-order valence-electron chi connectivity index (χ3n) is 3.81. The van der Waals surface area contributed by atoms with E-state index in [-0.39, 0.29) is 12.0 Å². The highest BCUT2D eigenvalue weighted by Gasteiger charge is 2.40. The Kier molecular flexibility index (Phi) is 5.92. The molecule has 0 saturated heterocycles. The number of rotatable bonds is 7. The van der Waals surface area contributed by atoms with Crippen LogP contribution in [-0.4, -0.2) is 47.3 Å².